The lowest BCUT2D eigenvalue weighted by molar-refractivity contribution is 0.602. The van der Waals surface area contributed by atoms with Gasteiger partial charge in [0.25, 0.3) is 5.56 Å². The monoisotopic (exact) mass is 368 g/mol. The van der Waals surface area contributed by atoms with Gasteiger partial charge in [-0.15, -0.1) is 0 Å². The molecule has 3 aromatic rings. The summed E-state index contributed by atoms with van der Waals surface area (Å²) in [5.41, 5.74) is 1.51. The number of pyridine rings is 1. The lowest BCUT2D eigenvalue weighted by Crippen LogP contribution is -2.12. The molecule has 26 heavy (non-hydrogen) atoms. The molecular formula is C19H13FN2O3S. The van der Waals surface area contributed by atoms with E-state index in [0.29, 0.717) is 22.4 Å². The zero-order chi connectivity index (χ0) is 18.9. The molecule has 0 spiro atoms. The maximum absolute atomic E-state index is 13.2. The number of hydrogen-bond donors (Lipinski definition) is 1. The predicted octanol–water partition coefficient (Wildman–Crippen LogP) is 3.12. The van der Waals surface area contributed by atoms with Crippen molar-refractivity contribution in [1.29, 1.82) is 5.26 Å². The van der Waals surface area contributed by atoms with E-state index in [4.69, 9.17) is 5.26 Å². The molecular weight excluding hydrogens is 355 g/mol. The highest BCUT2D eigenvalue weighted by Crippen LogP contribution is 2.31. The van der Waals surface area contributed by atoms with Gasteiger partial charge in [0.1, 0.15) is 17.4 Å². The van der Waals surface area contributed by atoms with Gasteiger partial charge in [0.05, 0.1) is 10.6 Å². The van der Waals surface area contributed by atoms with Crippen LogP contribution in [0.5, 0.6) is 0 Å². The van der Waals surface area contributed by atoms with Crippen molar-refractivity contribution >= 4 is 9.84 Å². The van der Waals surface area contributed by atoms with Crippen LogP contribution in [0, 0.1) is 17.1 Å². The van der Waals surface area contributed by atoms with E-state index in [9.17, 15) is 17.6 Å². The van der Waals surface area contributed by atoms with Crippen LogP contribution in [-0.4, -0.2) is 19.7 Å². The Balaban J connectivity index is 2.24. The van der Waals surface area contributed by atoms with E-state index in [1.54, 1.807) is 12.1 Å². The Morgan fingerprint density at radius 3 is 2.12 bits per heavy atom. The van der Waals surface area contributed by atoms with Gasteiger partial charge >= 0.3 is 0 Å². The summed E-state index contributed by atoms with van der Waals surface area (Å²) in [4.78, 5) is 14.9. The molecule has 0 amide bonds. The molecule has 0 atom stereocenters. The first-order valence-electron chi connectivity index (χ1n) is 7.53. The average Bonchev–Trinajstić information content (AvgIpc) is 2.61. The molecule has 0 aliphatic rings. The number of halogens is 1. The van der Waals surface area contributed by atoms with Crippen LogP contribution < -0.4 is 5.56 Å². The van der Waals surface area contributed by atoms with Crippen LogP contribution in [0.25, 0.3) is 22.4 Å². The van der Waals surface area contributed by atoms with E-state index < -0.39 is 21.2 Å². The van der Waals surface area contributed by atoms with Crippen molar-refractivity contribution in [3.8, 4) is 28.5 Å². The molecule has 0 aliphatic heterocycles. The number of benzene rings is 2. The zero-order valence-corrected chi connectivity index (χ0v) is 14.5. The summed E-state index contributed by atoms with van der Waals surface area (Å²) in [6.45, 7) is 0. The number of aromatic nitrogens is 1. The molecule has 1 N–H and O–H groups in total. The molecule has 3 rings (SSSR count). The Bertz CT molecular complexity index is 1170. The topological polar surface area (TPSA) is 90.8 Å². The van der Waals surface area contributed by atoms with E-state index in [1.165, 1.54) is 42.5 Å². The molecule has 2 aromatic carbocycles. The van der Waals surface area contributed by atoms with E-state index in [2.05, 4.69) is 4.98 Å². The van der Waals surface area contributed by atoms with E-state index >= 15 is 0 Å². The van der Waals surface area contributed by atoms with E-state index in [0.717, 1.165) is 6.26 Å². The summed E-state index contributed by atoms with van der Waals surface area (Å²) in [6.07, 6.45) is 1.11. The Kier molecular flexibility index (Phi) is 4.45. The fourth-order valence-corrected chi connectivity index (χ4v) is 3.20. The molecule has 0 saturated heterocycles. The number of sulfone groups is 1. The van der Waals surface area contributed by atoms with Crippen LogP contribution in [0.1, 0.15) is 5.56 Å². The van der Waals surface area contributed by atoms with E-state index in [1.807, 2.05) is 6.07 Å². The normalized spacial score (nSPS) is 11.1. The second-order valence-electron chi connectivity index (χ2n) is 5.72. The van der Waals surface area contributed by atoms with Crippen molar-refractivity contribution in [2.45, 2.75) is 4.90 Å². The van der Waals surface area contributed by atoms with E-state index in [-0.39, 0.29) is 10.5 Å². The van der Waals surface area contributed by atoms with Crippen molar-refractivity contribution in [3.63, 3.8) is 0 Å². The zero-order valence-electron chi connectivity index (χ0n) is 13.7. The standard InChI is InChI=1S/C19H13FN2O3S/c1-26(24,25)16-8-4-12(5-9-16)17-10-14(11-21)19(23)22-18(17)13-2-6-15(20)7-3-13/h2-10H,1H3,(H,22,23). The first kappa shape index (κ1) is 17.6. The highest BCUT2D eigenvalue weighted by Gasteiger charge is 2.14. The Hall–Kier alpha value is -3.24. The third kappa shape index (κ3) is 3.41. The van der Waals surface area contributed by atoms with Crippen LogP contribution in [0.3, 0.4) is 0 Å². The maximum Gasteiger partial charge on any atom is 0.266 e. The van der Waals surface area contributed by atoms with Crippen molar-refractivity contribution in [3.05, 3.63) is 76.3 Å². The summed E-state index contributed by atoms with van der Waals surface area (Å²) in [7, 11) is -3.34. The van der Waals surface area contributed by atoms with Gasteiger partial charge in [0.15, 0.2) is 9.84 Å². The summed E-state index contributed by atoms with van der Waals surface area (Å²) < 4.78 is 36.4. The number of H-pyrrole nitrogens is 1. The summed E-state index contributed by atoms with van der Waals surface area (Å²) in [5, 5.41) is 9.14. The third-order valence-corrected chi connectivity index (χ3v) is 5.02. The minimum atomic E-state index is -3.34. The van der Waals surface area contributed by atoms with Gasteiger partial charge in [0.2, 0.25) is 0 Å². The first-order chi connectivity index (χ1) is 12.3. The van der Waals surface area contributed by atoms with Crippen LogP contribution in [-0.2, 0) is 9.84 Å². The second kappa shape index (κ2) is 6.58. The molecule has 1 heterocycles. The van der Waals surface area contributed by atoms with Gasteiger partial charge in [-0.3, -0.25) is 4.79 Å². The molecule has 0 bridgehead atoms. The van der Waals surface area contributed by atoms with Gasteiger partial charge in [-0.05, 0) is 53.6 Å². The second-order valence-corrected chi connectivity index (χ2v) is 7.73. The van der Waals surface area contributed by atoms with Crippen LogP contribution in [0.15, 0.2) is 64.3 Å². The molecule has 7 heteroatoms. The van der Waals surface area contributed by atoms with Crippen molar-refractivity contribution < 1.29 is 12.8 Å². The lowest BCUT2D eigenvalue weighted by atomic mass is 9.98. The number of nitrogens with zero attached hydrogens (tertiary/aromatic N) is 1. The highest BCUT2D eigenvalue weighted by molar-refractivity contribution is 7.90. The molecule has 0 radical (unpaired) electrons. The van der Waals surface area contributed by atoms with Crippen molar-refractivity contribution in [1.82, 2.24) is 4.98 Å². The minimum absolute atomic E-state index is 0.0712. The summed E-state index contributed by atoms with van der Waals surface area (Å²) in [5.74, 6) is -0.413. The fourth-order valence-electron chi connectivity index (χ4n) is 2.57. The van der Waals surface area contributed by atoms with Gasteiger partial charge in [-0.2, -0.15) is 5.26 Å². The SMILES string of the molecule is CS(=O)(=O)c1ccc(-c2cc(C#N)c(=O)[nH]c2-c2ccc(F)cc2)cc1. The smallest absolute Gasteiger partial charge is 0.266 e. The maximum atomic E-state index is 13.2. The summed E-state index contributed by atoms with van der Waals surface area (Å²) in [6, 6.07) is 14.9. The van der Waals surface area contributed by atoms with Crippen LogP contribution >= 0.6 is 0 Å². The quantitative estimate of drug-likeness (QED) is 0.769. The molecule has 1 aromatic heterocycles. The van der Waals surface area contributed by atoms with Crippen LogP contribution in [0.4, 0.5) is 4.39 Å². The number of hydrogen-bond acceptors (Lipinski definition) is 4. The molecule has 0 unspecified atom stereocenters. The molecule has 5 nitrogen and oxygen atoms in total. The lowest BCUT2D eigenvalue weighted by Gasteiger charge is -2.11. The van der Waals surface area contributed by atoms with Gasteiger partial charge in [0, 0.05) is 11.8 Å². The molecule has 0 aliphatic carbocycles. The molecule has 130 valence electrons. The molecule has 0 fully saturated rings. The molecule has 0 saturated carbocycles. The average molecular weight is 368 g/mol. The Morgan fingerprint density at radius 1 is 1.00 bits per heavy atom. The van der Waals surface area contributed by atoms with Crippen molar-refractivity contribution in [2.75, 3.05) is 6.26 Å². The number of aromatic amines is 1. The largest absolute Gasteiger partial charge is 0.320 e. The van der Waals surface area contributed by atoms with Crippen molar-refractivity contribution in [2.24, 2.45) is 0 Å². The third-order valence-electron chi connectivity index (χ3n) is 3.89. The predicted molar refractivity (Wildman–Crippen MR) is 95.7 cm³/mol. The van der Waals surface area contributed by atoms with Gasteiger partial charge in [-0.1, -0.05) is 12.1 Å². The van der Waals surface area contributed by atoms with Gasteiger partial charge in [-0.25, -0.2) is 12.8 Å². The fraction of sp³-hybridized carbons (Fsp3) is 0.0526. The van der Waals surface area contributed by atoms with Gasteiger partial charge < -0.3 is 4.98 Å². The Morgan fingerprint density at radius 2 is 1.58 bits per heavy atom. The number of nitriles is 1. The Labute approximate surface area is 149 Å². The first-order valence-corrected chi connectivity index (χ1v) is 9.42. The highest BCUT2D eigenvalue weighted by atomic mass is 32.2. The van der Waals surface area contributed by atoms with Crippen LogP contribution in [0.2, 0.25) is 0 Å². The number of nitrogens with one attached hydrogen (secondary N) is 1. The summed E-state index contributed by atoms with van der Waals surface area (Å²) >= 11 is 0. The number of rotatable bonds is 3. The minimum Gasteiger partial charge on any atom is -0.320 e.